The lowest BCUT2D eigenvalue weighted by molar-refractivity contribution is -0.161. The SMILES string of the molecule is CCC(C)CCCCCCCCCCCCC(=O)O[C@H](COC(=O)CCCCCCCCCCCCCCC(C)C)COP(=O)(O)OCC(O)COP(=O)(O)OC[C@@H](COC(=O)CCCCCCCCCC(C)C)OC(=O)CCCCCCCCCCCCC(C)CC. The van der Waals surface area contributed by atoms with Gasteiger partial charge in [-0.2, -0.15) is 0 Å². The first kappa shape index (κ1) is 91.1. The van der Waals surface area contributed by atoms with Crippen LogP contribution in [0.2, 0.25) is 0 Å². The molecule has 3 N–H and O–H groups in total. The van der Waals surface area contributed by atoms with Gasteiger partial charge in [-0.25, -0.2) is 9.13 Å². The van der Waals surface area contributed by atoms with Crippen LogP contribution >= 0.6 is 15.6 Å². The van der Waals surface area contributed by atoms with Crippen LogP contribution in [0, 0.1) is 23.7 Å². The summed E-state index contributed by atoms with van der Waals surface area (Å²) in [5.41, 5.74) is 0. The van der Waals surface area contributed by atoms with Crippen molar-refractivity contribution in [2.75, 3.05) is 39.6 Å². The fourth-order valence-electron chi connectivity index (χ4n) is 11.1. The Morgan fingerprint density at radius 3 is 0.763 bits per heavy atom. The van der Waals surface area contributed by atoms with E-state index in [9.17, 15) is 43.2 Å². The van der Waals surface area contributed by atoms with Crippen LogP contribution in [0.5, 0.6) is 0 Å². The second kappa shape index (κ2) is 63.5. The lowest BCUT2D eigenvalue weighted by Crippen LogP contribution is -2.30. The number of carbonyl (C=O) groups is 4. The van der Waals surface area contributed by atoms with Crippen LogP contribution in [0.25, 0.3) is 0 Å². The van der Waals surface area contributed by atoms with Gasteiger partial charge in [-0.15, -0.1) is 0 Å². The predicted molar refractivity (Wildman–Crippen MR) is 377 cm³/mol. The standard InChI is InChI=1S/C74H144O17P2/c1-9-66(7)52-44-36-28-20-15-17-23-31-40-48-56-73(78)90-69(60-84-71(76)54-46-38-30-22-14-12-11-13-19-26-34-42-50-64(3)4)62-88-92(80,81)86-58-68(75)59-87-93(82,83)89-63-70(61-85-72(77)55-47-39-33-25-27-35-43-51-65(5)6)91-74(79)57-49-41-32-24-18-16-21-29-37-45-53-67(8)10-2/h64-70,75H,9-63H2,1-8H3,(H,80,81)(H,82,83)/t66?,67?,68?,69-,70-/m1/s1. The molecular weight excluding hydrogens is 1220 g/mol. The Kier molecular flexibility index (Phi) is 62.2. The molecule has 0 aliphatic rings. The Morgan fingerprint density at radius 2 is 0.516 bits per heavy atom. The highest BCUT2D eigenvalue weighted by molar-refractivity contribution is 7.47. The van der Waals surface area contributed by atoms with Crippen LogP contribution in [-0.4, -0.2) is 96.7 Å². The number of unbranched alkanes of at least 4 members (excludes halogenated alkanes) is 35. The van der Waals surface area contributed by atoms with Crippen LogP contribution in [0.1, 0.15) is 370 Å². The topological polar surface area (TPSA) is 237 Å². The highest BCUT2D eigenvalue weighted by Gasteiger charge is 2.30. The molecule has 0 heterocycles. The molecule has 0 bridgehead atoms. The largest absolute Gasteiger partial charge is 0.472 e. The summed E-state index contributed by atoms with van der Waals surface area (Å²) in [5, 5.41) is 10.6. The monoisotopic (exact) mass is 1370 g/mol. The summed E-state index contributed by atoms with van der Waals surface area (Å²) in [4.78, 5) is 72.7. The number of hydrogen-bond donors (Lipinski definition) is 3. The minimum atomic E-state index is -4.96. The Labute approximate surface area is 568 Å². The van der Waals surface area contributed by atoms with Crippen molar-refractivity contribution < 1.29 is 80.2 Å². The number of hydrogen-bond acceptors (Lipinski definition) is 15. The molecule has 0 radical (unpaired) electrons. The number of aliphatic hydroxyl groups is 1. The maximum absolute atomic E-state index is 13.1. The smallest absolute Gasteiger partial charge is 0.462 e. The summed E-state index contributed by atoms with van der Waals surface area (Å²) in [6.07, 6.45) is 47.0. The van der Waals surface area contributed by atoms with Gasteiger partial charge in [-0.3, -0.25) is 37.3 Å². The number of ether oxygens (including phenoxy) is 4. The molecule has 93 heavy (non-hydrogen) atoms. The molecule has 0 fully saturated rings. The molecule has 5 unspecified atom stereocenters. The molecule has 552 valence electrons. The van der Waals surface area contributed by atoms with Crippen LogP contribution in [0.4, 0.5) is 0 Å². The molecule has 0 amide bonds. The van der Waals surface area contributed by atoms with Crippen molar-refractivity contribution in [2.45, 2.75) is 388 Å². The molecule has 0 saturated heterocycles. The summed E-state index contributed by atoms with van der Waals surface area (Å²) < 4.78 is 68.5. The molecule has 0 saturated carbocycles. The first-order valence-electron chi connectivity index (χ1n) is 38.3. The van der Waals surface area contributed by atoms with Crippen LogP contribution in [0.3, 0.4) is 0 Å². The molecular formula is C74H144O17P2. The molecule has 0 aliphatic heterocycles. The molecule has 19 heteroatoms. The maximum atomic E-state index is 13.1. The normalized spacial score (nSPS) is 14.8. The number of esters is 4. The average molecular weight is 1370 g/mol. The van der Waals surface area contributed by atoms with Crippen molar-refractivity contribution in [2.24, 2.45) is 23.7 Å². The quantitative estimate of drug-likeness (QED) is 0.0222. The molecule has 0 spiro atoms. The Hall–Kier alpha value is -1.94. The molecule has 0 aromatic heterocycles. The van der Waals surface area contributed by atoms with Gasteiger partial charge >= 0.3 is 39.5 Å². The highest BCUT2D eigenvalue weighted by atomic mass is 31.2. The van der Waals surface area contributed by atoms with E-state index < -0.39 is 97.5 Å². The van der Waals surface area contributed by atoms with Gasteiger partial charge in [0.15, 0.2) is 12.2 Å². The summed E-state index contributed by atoms with van der Waals surface area (Å²) in [7, 11) is -9.91. The van der Waals surface area contributed by atoms with E-state index in [0.29, 0.717) is 31.6 Å². The molecule has 0 rings (SSSR count). The van der Waals surface area contributed by atoms with Crippen molar-refractivity contribution in [1.29, 1.82) is 0 Å². The lowest BCUT2D eigenvalue weighted by atomic mass is 9.99. The molecule has 0 aliphatic carbocycles. The number of rotatable bonds is 71. The first-order valence-corrected chi connectivity index (χ1v) is 41.3. The third kappa shape index (κ3) is 65.8. The number of phosphoric ester groups is 2. The Bertz CT molecular complexity index is 1840. The average Bonchev–Trinajstić information content (AvgIpc) is 1.95. The van der Waals surface area contributed by atoms with E-state index >= 15 is 0 Å². The minimum absolute atomic E-state index is 0.105. The van der Waals surface area contributed by atoms with E-state index in [1.54, 1.807) is 0 Å². The Balaban J connectivity index is 5.27. The van der Waals surface area contributed by atoms with Gasteiger partial charge in [-0.05, 0) is 49.4 Å². The zero-order valence-electron chi connectivity index (χ0n) is 60.9. The predicted octanol–water partition coefficient (Wildman–Crippen LogP) is 21.3. The summed E-state index contributed by atoms with van der Waals surface area (Å²) >= 11 is 0. The summed E-state index contributed by atoms with van der Waals surface area (Å²) in [6.45, 7) is 14.2. The van der Waals surface area contributed by atoms with Gasteiger partial charge in [0.1, 0.15) is 19.3 Å². The van der Waals surface area contributed by atoms with Gasteiger partial charge in [-0.1, -0.05) is 319 Å². The second-order valence-corrected chi connectivity index (χ2v) is 31.0. The third-order valence-corrected chi connectivity index (χ3v) is 19.7. The number of phosphoric acid groups is 2. The van der Waals surface area contributed by atoms with Crippen molar-refractivity contribution in [3.05, 3.63) is 0 Å². The van der Waals surface area contributed by atoms with Crippen molar-refractivity contribution >= 4 is 39.5 Å². The molecule has 0 aromatic carbocycles. The first-order chi connectivity index (χ1) is 44.7. The summed E-state index contributed by atoms with van der Waals surface area (Å²) in [6, 6.07) is 0. The number of carbonyl (C=O) groups excluding carboxylic acids is 4. The lowest BCUT2D eigenvalue weighted by Gasteiger charge is -2.21. The zero-order valence-corrected chi connectivity index (χ0v) is 62.7. The molecule has 7 atom stereocenters. The van der Waals surface area contributed by atoms with E-state index in [1.807, 2.05) is 0 Å². The minimum Gasteiger partial charge on any atom is -0.462 e. The van der Waals surface area contributed by atoms with Crippen LogP contribution in [-0.2, 0) is 65.4 Å². The molecule has 0 aromatic rings. The second-order valence-electron chi connectivity index (χ2n) is 28.1. The maximum Gasteiger partial charge on any atom is 0.472 e. The van der Waals surface area contributed by atoms with Gasteiger partial charge in [0, 0.05) is 25.7 Å². The third-order valence-electron chi connectivity index (χ3n) is 17.8. The molecule has 17 nitrogen and oxygen atoms in total. The van der Waals surface area contributed by atoms with Crippen molar-refractivity contribution in [3.8, 4) is 0 Å². The van der Waals surface area contributed by atoms with E-state index in [4.69, 9.17) is 37.0 Å². The van der Waals surface area contributed by atoms with E-state index in [0.717, 1.165) is 114 Å². The fraction of sp³-hybridized carbons (Fsp3) is 0.946. The Morgan fingerprint density at radius 1 is 0.301 bits per heavy atom. The van der Waals surface area contributed by atoms with Crippen molar-refractivity contribution in [3.63, 3.8) is 0 Å². The van der Waals surface area contributed by atoms with Crippen molar-refractivity contribution in [1.82, 2.24) is 0 Å². The fourth-order valence-corrected chi connectivity index (χ4v) is 12.7. The van der Waals surface area contributed by atoms with Gasteiger partial charge in [0.2, 0.25) is 0 Å². The van der Waals surface area contributed by atoms with Gasteiger partial charge in [0.25, 0.3) is 0 Å². The van der Waals surface area contributed by atoms with E-state index in [-0.39, 0.29) is 25.7 Å². The van der Waals surface area contributed by atoms with Gasteiger partial charge in [0.05, 0.1) is 26.4 Å². The summed E-state index contributed by atoms with van der Waals surface area (Å²) in [5.74, 6) is 0.969. The van der Waals surface area contributed by atoms with Crippen LogP contribution in [0.15, 0.2) is 0 Å². The van der Waals surface area contributed by atoms with E-state index in [1.165, 1.54) is 167 Å². The van der Waals surface area contributed by atoms with Crippen LogP contribution < -0.4 is 0 Å². The highest BCUT2D eigenvalue weighted by Crippen LogP contribution is 2.45. The zero-order chi connectivity index (χ0) is 68.9. The van der Waals surface area contributed by atoms with E-state index in [2.05, 4.69) is 55.4 Å². The number of aliphatic hydroxyl groups excluding tert-OH is 1. The van der Waals surface area contributed by atoms with Gasteiger partial charge < -0.3 is 33.8 Å².